The largest absolute Gasteiger partial charge is 0.298 e. The van der Waals surface area contributed by atoms with Crippen LogP contribution in [-0.4, -0.2) is 5.78 Å². The molecule has 1 saturated carbocycles. The van der Waals surface area contributed by atoms with Gasteiger partial charge in [0.05, 0.1) is 0 Å². The fourth-order valence-electron chi connectivity index (χ4n) is 2.91. The quantitative estimate of drug-likeness (QED) is 0.625. The summed E-state index contributed by atoms with van der Waals surface area (Å²) in [5, 5.41) is 0. The molecule has 0 saturated heterocycles. The standard InChI is InChI=1S/C13H24O/c1-10(2,3)9(14)13(8)11(4,5)12(13,6)7/h1-8H3. The molecule has 0 aromatic rings. The van der Waals surface area contributed by atoms with Gasteiger partial charge in [-0.05, 0) is 10.8 Å². The minimum absolute atomic E-state index is 0.129. The lowest BCUT2D eigenvalue weighted by Crippen LogP contribution is -2.32. The van der Waals surface area contributed by atoms with Gasteiger partial charge >= 0.3 is 0 Å². The van der Waals surface area contributed by atoms with E-state index >= 15 is 0 Å². The van der Waals surface area contributed by atoms with Gasteiger partial charge in [-0.3, -0.25) is 4.79 Å². The van der Waals surface area contributed by atoms with Crippen LogP contribution >= 0.6 is 0 Å². The molecule has 0 aliphatic heterocycles. The Morgan fingerprint density at radius 2 is 1.14 bits per heavy atom. The molecule has 0 atom stereocenters. The normalized spacial score (nSPS) is 27.1. The van der Waals surface area contributed by atoms with E-state index in [-0.39, 0.29) is 21.7 Å². The van der Waals surface area contributed by atoms with Crippen LogP contribution in [0, 0.1) is 21.7 Å². The predicted molar refractivity (Wildman–Crippen MR) is 60.1 cm³/mol. The molecule has 0 aromatic heterocycles. The zero-order valence-electron chi connectivity index (χ0n) is 10.9. The average Bonchev–Trinajstić information content (AvgIpc) is 2.26. The van der Waals surface area contributed by atoms with E-state index in [1.165, 1.54) is 0 Å². The van der Waals surface area contributed by atoms with Gasteiger partial charge in [0.25, 0.3) is 0 Å². The second kappa shape index (κ2) is 2.43. The first-order valence-corrected chi connectivity index (χ1v) is 5.45. The molecular weight excluding hydrogens is 172 g/mol. The minimum Gasteiger partial charge on any atom is -0.298 e. The number of hydrogen-bond acceptors (Lipinski definition) is 1. The zero-order valence-corrected chi connectivity index (χ0v) is 10.9. The lowest BCUT2D eigenvalue weighted by molar-refractivity contribution is -0.133. The lowest BCUT2D eigenvalue weighted by Gasteiger charge is -2.25. The first kappa shape index (κ1) is 11.7. The van der Waals surface area contributed by atoms with Crippen LogP contribution in [0.1, 0.15) is 55.4 Å². The summed E-state index contributed by atoms with van der Waals surface area (Å²) < 4.78 is 0. The van der Waals surface area contributed by atoms with Gasteiger partial charge in [0, 0.05) is 10.8 Å². The predicted octanol–water partition coefficient (Wildman–Crippen LogP) is 3.67. The van der Waals surface area contributed by atoms with E-state index in [4.69, 9.17) is 0 Å². The van der Waals surface area contributed by atoms with E-state index in [1.54, 1.807) is 0 Å². The van der Waals surface area contributed by atoms with Crippen molar-refractivity contribution in [1.29, 1.82) is 0 Å². The molecule has 0 unspecified atom stereocenters. The van der Waals surface area contributed by atoms with Crippen LogP contribution in [0.2, 0.25) is 0 Å². The van der Waals surface area contributed by atoms with E-state index in [9.17, 15) is 4.79 Å². The number of hydrogen-bond donors (Lipinski definition) is 0. The maximum atomic E-state index is 12.4. The molecule has 0 radical (unpaired) electrons. The summed E-state index contributed by atoms with van der Waals surface area (Å²) in [6.07, 6.45) is 0. The first-order chi connectivity index (χ1) is 5.90. The summed E-state index contributed by atoms with van der Waals surface area (Å²) in [6, 6.07) is 0. The van der Waals surface area contributed by atoms with Gasteiger partial charge in [-0.2, -0.15) is 0 Å². The molecule has 0 N–H and O–H groups in total. The number of carbonyl (C=O) groups excluding carboxylic acids is 1. The molecule has 1 fully saturated rings. The van der Waals surface area contributed by atoms with Crippen molar-refractivity contribution in [3.63, 3.8) is 0 Å². The highest BCUT2D eigenvalue weighted by Gasteiger charge is 2.78. The van der Waals surface area contributed by atoms with Crippen LogP contribution in [0.25, 0.3) is 0 Å². The molecule has 1 rings (SSSR count). The summed E-state index contributed by atoms with van der Waals surface area (Å²) in [7, 11) is 0. The number of carbonyl (C=O) groups is 1. The van der Waals surface area contributed by atoms with Gasteiger partial charge < -0.3 is 0 Å². The molecule has 1 nitrogen and oxygen atoms in total. The second-order valence-corrected chi connectivity index (χ2v) is 6.95. The van der Waals surface area contributed by atoms with Crippen LogP contribution in [0.5, 0.6) is 0 Å². The number of rotatable bonds is 1. The topological polar surface area (TPSA) is 17.1 Å². The lowest BCUT2D eigenvalue weighted by atomic mass is 9.77. The van der Waals surface area contributed by atoms with Crippen LogP contribution in [0.4, 0.5) is 0 Å². The molecule has 0 spiro atoms. The Kier molecular flexibility index (Phi) is 2.03. The summed E-state index contributed by atoms with van der Waals surface area (Å²) in [5.41, 5.74) is -0.118. The number of Topliss-reactive ketones (excluding diaryl/α,β-unsaturated/α-hetero) is 1. The second-order valence-electron chi connectivity index (χ2n) is 6.95. The Labute approximate surface area is 88.3 Å². The molecule has 1 aliphatic carbocycles. The van der Waals surface area contributed by atoms with E-state index in [0.717, 1.165) is 0 Å². The van der Waals surface area contributed by atoms with Gasteiger partial charge in [0.2, 0.25) is 0 Å². The van der Waals surface area contributed by atoms with Crippen LogP contribution in [0.3, 0.4) is 0 Å². The van der Waals surface area contributed by atoms with Gasteiger partial charge in [0.15, 0.2) is 0 Å². The summed E-state index contributed by atoms with van der Waals surface area (Å²) in [5.74, 6) is 0.403. The average molecular weight is 196 g/mol. The zero-order chi connectivity index (χ0) is 11.6. The summed E-state index contributed by atoms with van der Waals surface area (Å²) >= 11 is 0. The Morgan fingerprint density at radius 1 is 0.857 bits per heavy atom. The highest BCUT2D eigenvalue weighted by Crippen LogP contribution is 2.78. The molecule has 0 heterocycles. The Hall–Kier alpha value is -0.330. The Bertz CT molecular complexity index is 262. The highest BCUT2D eigenvalue weighted by molar-refractivity contribution is 5.94. The van der Waals surface area contributed by atoms with Crippen molar-refractivity contribution >= 4 is 5.78 Å². The number of ketones is 1. The van der Waals surface area contributed by atoms with Crippen LogP contribution < -0.4 is 0 Å². The Balaban J connectivity index is 3.10. The third-order valence-electron chi connectivity index (χ3n) is 5.14. The van der Waals surface area contributed by atoms with Gasteiger partial charge in [0.1, 0.15) is 5.78 Å². The van der Waals surface area contributed by atoms with Crippen molar-refractivity contribution in [3.8, 4) is 0 Å². The van der Waals surface area contributed by atoms with Crippen molar-refractivity contribution in [3.05, 3.63) is 0 Å². The summed E-state index contributed by atoms with van der Waals surface area (Å²) in [4.78, 5) is 12.4. The maximum Gasteiger partial charge on any atom is 0.145 e. The molecule has 1 aliphatic rings. The molecule has 82 valence electrons. The van der Waals surface area contributed by atoms with Gasteiger partial charge in [-0.1, -0.05) is 55.4 Å². The monoisotopic (exact) mass is 196 g/mol. The van der Waals surface area contributed by atoms with Crippen molar-refractivity contribution in [2.75, 3.05) is 0 Å². The molecule has 14 heavy (non-hydrogen) atoms. The molecule has 0 bridgehead atoms. The maximum absolute atomic E-state index is 12.4. The van der Waals surface area contributed by atoms with Gasteiger partial charge in [-0.25, -0.2) is 0 Å². The van der Waals surface area contributed by atoms with E-state index in [1.807, 2.05) is 20.8 Å². The van der Waals surface area contributed by atoms with E-state index in [0.29, 0.717) is 5.78 Å². The van der Waals surface area contributed by atoms with Crippen LogP contribution in [-0.2, 0) is 4.79 Å². The minimum atomic E-state index is -0.222. The summed E-state index contributed by atoms with van der Waals surface area (Å²) in [6.45, 7) is 17.0. The van der Waals surface area contributed by atoms with Crippen molar-refractivity contribution < 1.29 is 4.79 Å². The van der Waals surface area contributed by atoms with Gasteiger partial charge in [-0.15, -0.1) is 0 Å². The van der Waals surface area contributed by atoms with Crippen molar-refractivity contribution in [1.82, 2.24) is 0 Å². The SMILES string of the molecule is CC(C)(C)C(=O)C1(C)C(C)(C)C1(C)C. The highest BCUT2D eigenvalue weighted by atomic mass is 16.1. The first-order valence-electron chi connectivity index (χ1n) is 5.45. The van der Waals surface area contributed by atoms with Crippen LogP contribution in [0.15, 0.2) is 0 Å². The third-order valence-corrected chi connectivity index (χ3v) is 5.14. The smallest absolute Gasteiger partial charge is 0.145 e. The molecule has 0 amide bonds. The molecule has 0 aromatic carbocycles. The van der Waals surface area contributed by atoms with E-state index in [2.05, 4.69) is 34.6 Å². The van der Waals surface area contributed by atoms with E-state index < -0.39 is 0 Å². The van der Waals surface area contributed by atoms with Crippen molar-refractivity contribution in [2.45, 2.75) is 55.4 Å². The van der Waals surface area contributed by atoms with Crippen molar-refractivity contribution in [2.24, 2.45) is 21.7 Å². The molecular formula is C13H24O. The Morgan fingerprint density at radius 3 is 1.21 bits per heavy atom. The third kappa shape index (κ3) is 0.988. The molecule has 1 heteroatoms. The fourth-order valence-corrected chi connectivity index (χ4v) is 2.91. The fraction of sp³-hybridized carbons (Fsp3) is 0.923.